The van der Waals surface area contributed by atoms with Crippen LogP contribution in [0.25, 0.3) is 0 Å². The van der Waals surface area contributed by atoms with Crippen molar-refractivity contribution in [2.24, 2.45) is 5.73 Å². The summed E-state index contributed by atoms with van der Waals surface area (Å²) in [5, 5.41) is 4.29. The van der Waals surface area contributed by atoms with Crippen LogP contribution in [0.15, 0.2) is 29.1 Å². The zero-order valence-electron chi connectivity index (χ0n) is 10.1. The molecule has 1 fully saturated rings. The molecule has 2 N–H and O–H groups in total. The normalized spacial score (nSPS) is 14.7. The second-order valence-corrected chi connectivity index (χ2v) is 5.32. The van der Waals surface area contributed by atoms with Crippen LogP contribution in [0, 0.1) is 0 Å². The van der Waals surface area contributed by atoms with Crippen molar-refractivity contribution < 1.29 is 0 Å². The second-order valence-electron chi connectivity index (χ2n) is 4.54. The summed E-state index contributed by atoms with van der Waals surface area (Å²) in [6.45, 7) is 1.36. The fourth-order valence-corrected chi connectivity index (χ4v) is 2.63. The Balaban J connectivity index is 1.84. The zero-order chi connectivity index (χ0) is 12.4. The number of nitrogens with zero attached hydrogens (tertiary/aromatic N) is 3. The Kier molecular flexibility index (Phi) is 3.25. The molecule has 3 rings (SSSR count). The predicted molar refractivity (Wildman–Crippen MR) is 73.4 cm³/mol. The van der Waals surface area contributed by atoms with Crippen LogP contribution in [0.3, 0.4) is 0 Å². The van der Waals surface area contributed by atoms with E-state index in [9.17, 15) is 0 Å². The van der Waals surface area contributed by atoms with E-state index in [1.807, 2.05) is 6.07 Å². The average molecular weight is 260 g/mol. The van der Waals surface area contributed by atoms with E-state index in [1.165, 1.54) is 18.4 Å². The highest BCUT2D eigenvalue weighted by molar-refractivity contribution is 7.07. The molecule has 4 nitrogen and oxygen atoms in total. The van der Waals surface area contributed by atoms with Crippen LogP contribution >= 0.6 is 11.3 Å². The Bertz CT molecular complexity index is 507. The highest BCUT2D eigenvalue weighted by Gasteiger charge is 2.31. The van der Waals surface area contributed by atoms with E-state index in [0.717, 1.165) is 18.2 Å². The molecule has 1 aliphatic rings. The van der Waals surface area contributed by atoms with Gasteiger partial charge in [-0.2, -0.15) is 11.3 Å². The first kappa shape index (κ1) is 11.6. The smallest absolute Gasteiger partial charge is 0.226 e. The number of anilines is 1. The van der Waals surface area contributed by atoms with Gasteiger partial charge in [-0.1, -0.05) is 0 Å². The third-order valence-electron chi connectivity index (χ3n) is 3.09. The lowest BCUT2D eigenvalue weighted by molar-refractivity contribution is 0.752. The van der Waals surface area contributed by atoms with Gasteiger partial charge >= 0.3 is 0 Å². The Morgan fingerprint density at radius 1 is 1.39 bits per heavy atom. The minimum absolute atomic E-state index is 0.465. The first-order valence-electron chi connectivity index (χ1n) is 6.16. The molecule has 0 atom stereocenters. The molecule has 0 amide bonds. The van der Waals surface area contributed by atoms with Crippen LogP contribution in [0.5, 0.6) is 0 Å². The molecule has 2 aromatic heterocycles. The van der Waals surface area contributed by atoms with Gasteiger partial charge in [-0.15, -0.1) is 0 Å². The molecule has 0 unspecified atom stereocenters. The van der Waals surface area contributed by atoms with E-state index in [-0.39, 0.29) is 0 Å². The van der Waals surface area contributed by atoms with Crippen LogP contribution in [0.4, 0.5) is 5.95 Å². The highest BCUT2D eigenvalue weighted by atomic mass is 32.1. The maximum absolute atomic E-state index is 5.64. The number of nitrogens with two attached hydrogens (primary N) is 1. The predicted octanol–water partition coefficient (Wildman–Crippen LogP) is 2.17. The average Bonchev–Trinajstić information content (AvgIpc) is 3.13. The van der Waals surface area contributed by atoms with E-state index in [1.54, 1.807) is 17.5 Å². The molecule has 0 aromatic carbocycles. The van der Waals surface area contributed by atoms with Crippen molar-refractivity contribution in [2.45, 2.75) is 32.0 Å². The van der Waals surface area contributed by atoms with Gasteiger partial charge in [0.05, 0.1) is 5.69 Å². The van der Waals surface area contributed by atoms with Gasteiger partial charge in [-0.05, 0) is 41.3 Å². The largest absolute Gasteiger partial charge is 0.333 e. The van der Waals surface area contributed by atoms with Crippen LogP contribution in [-0.4, -0.2) is 16.0 Å². The molecule has 94 valence electrons. The van der Waals surface area contributed by atoms with Crippen LogP contribution in [-0.2, 0) is 13.1 Å². The third-order valence-corrected chi connectivity index (χ3v) is 3.82. The molecule has 2 heterocycles. The van der Waals surface area contributed by atoms with Crippen molar-refractivity contribution in [3.63, 3.8) is 0 Å². The van der Waals surface area contributed by atoms with Gasteiger partial charge in [-0.25, -0.2) is 9.97 Å². The lowest BCUT2D eigenvalue weighted by Gasteiger charge is -2.22. The van der Waals surface area contributed by atoms with Gasteiger partial charge in [0.2, 0.25) is 5.95 Å². The first-order chi connectivity index (χ1) is 8.86. The summed E-state index contributed by atoms with van der Waals surface area (Å²) < 4.78 is 0. The molecule has 1 saturated carbocycles. The molecule has 1 aliphatic carbocycles. The standard InChI is InChI=1S/C13H16N4S/c14-7-11-3-5-15-13(16-11)17(12-1-2-12)8-10-4-6-18-9-10/h3-6,9,12H,1-2,7-8,14H2. The lowest BCUT2D eigenvalue weighted by atomic mass is 10.3. The summed E-state index contributed by atoms with van der Waals surface area (Å²) in [6, 6.07) is 4.63. The number of thiophene rings is 1. The summed E-state index contributed by atoms with van der Waals surface area (Å²) in [4.78, 5) is 11.2. The molecule has 0 bridgehead atoms. The van der Waals surface area contributed by atoms with Gasteiger partial charge in [0.1, 0.15) is 0 Å². The Hall–Kier alpha value is -1.46. The SMILES string of the molecule is NCc1ccnc(N(Cc2ccsc2)C2CC2)n1. The van der Waals surface area contributed by atoms with Crippen molar-refractivity contribution in [3.05, 3.63) is 40.3 Å². The molecule has 0 saturated heterocycles. The van der Waals surface area contributed by atoms with E-state index in [0.29, 0.717) is 12.6 Å². The van der Waals surface area contributed by atoms with Crippen LogP contribution in [0.1, 0.15) is 24.1 Å². The minimum Gasteiger partial charge on any atom is -0.333 e. The van der Waals surface area contributed by atoms with Crippen molar-refractivity contribution in [3.8, 4) is 0 Å². The van der Waals surface area contributed by atoms with Crippen molar-refractivity contribution in [2.75, 3.05) is 4.90 Å². The molecule has 0 aliphatic heterocycles. The summed E-state index contributed by atoms with van der Waals surface area (Å²) in [5.74, 6) is 0.812. The van der Waals surface area contributed by atoms with Gasteiger partial charge in [0.25, 0.3) is 0 Å². The molecular formula is C13H16N4S. The van der Waals surface area contributed by atoms with E-state index >= 15 is 0 Å². The Labute approximate surface area is 110 Å². The molecule has 0 radical (unpaired) electrons. The lowest BCUT2D eigenvalue weighted by Crippen LogP contribution is -2.27. The van der Waals surface area contributed by atoms with Crippen LogP contribution in [0.2, 0.25) is 0 Å². The Morgan fingerprint density at radius 3 is 2.94 bits per heavy atom. The van der Waals surface area contributed by atoms with Gasteiger partial charge in [0.15, 0.2) is 0 Å². The summed E-state index contributed by atoms with van der Waals surface area (Å²) in [5.41, 5.74) is 7.87. The summed E-state index contributed by atoms with van der Waals surface area (Å²) in [7, 11) is 0. The highest BCUT2D eigenvalue weighted by Crippen LogP contribution is 2.31. The van der Waals surface area contributed by atoms with E-state index in [2.05, 4.69) is 31.7 Å². The van der Waals surface area contributed by atoms with Gasteiger partial charge in [0, 0.05) is 25.3 Å². The Morgan fingerprint density at radius 2 is 2.28 bits per heavy atom. The van der Waals surface area contributed by atoms with Crippen LogP contribution < -0.4 is 10.6 Å². The monoisotopic (exact) mass is 260 g/mol. The topological polar surface area (TPSA) is 55.0 Å². The summed E-state index contributed by atoms with van der Waals surface area (Å²) in [6.07, 6.45) is 4.27. The molecule has 2 aromatic rings. The van der Waals surface area contributed by atoms with Crippen molar-refractivity contribution >= 4 is 17.3 Å². The number of aromatic nitrogens is 2. The molecule has 0 spiro atoms. The zero-order valence-corrected chi connectivity index (χ0v) is 10.9. The van der Waals surface area contributed by atoms with Crippen molar-refractivity contribution in [1.82, 2.24) is 9.97 Å². The second kappa shape index (κ2) is 5.04. The molecule has 18 heavy (non-hydrogen) atoms. The molecule has 5 heteroatoms. The summed E-state index contributed by atoms with van der Waals surface area (Å²) >= 11 is 1.73. The maximum atomic E-state index is 5.64. The minimum atomic E-state index is 0.465. The molecular weight excluding hydrogens is 244 g/mol. The van der Waals surface area contributed by atoms with E-state index < -0.39 is 0 Å². The van der Waals surface area contributed by atoms with Crippen molar-refractivity contribution in [1.29, 1.82) is 0 Å². The van der Waals surface area contributed by atoms with E-state index in [4.69, 9.17) is 5.73 Å². The number of hydrogen-bond donors (Lipinski definition) is 1. The third kappa shape index (κ3) is 2.52. The fourth-order valence-electron chi connectivity index (χ4n) is 1.97. The number of hydrogen-bond acceptors (Lipinski definition) is 5. The van der Waals surface area contributed by atoms with Gasteiger partial charge < -0.3 is 10.6 Å². The van der Waals surface area contributed by atoms with Gasteiger partial charge in [-0.3, -0.25) is 0 Å². The fraction of sp³-hybridized carbons (Fsp3) is 0.385. The number of rotatable bonds is 5. The maximum Gasteiger partial charge on any atom is 0.226 e. The first-order valence-corrected chi connectivity index (χ1v) is 7.11. The quantitative estimate of drug-likeness (QED) is 0.895.